The van der Waals surface area contributed by atoms with Crippen LogP contribution in [0.1, 0.15) is 313 Å². The van der Waals surface area contributed by atoms with Crippen molar-refractivity contribution in [2.45, 2.75) is 276 Å². The minimum Gasteiger partial charge on any atom is -0.478 e. The van der Waals surface area contributed by atoms with Crippen LogP contribution in [0.2, 0.25) is 0 Å². The first kappa shape index (κ1) is 125. The summed E-state index contributed by atoms with van der Waals surface area (Å²) in [6, 6.07) is 62.3. The molecule has 0 saturated carbocycles. The van der Waals surface area contributed by atoms with Gasteiger partial charge in [0, 0.05) is 67.2 Å². The van der Waals surface area contributed by atoms with E-state index in [0.29, 0.717) is 41.7 Å². The number of pyridine rings is 3. The van der Waals surface area contributed by atoms with Gasteiger partial charge < -0.3 is 61.8 Å². The van der Waals surface area contributed by atoms with Crippen LogP contribution in [0, 0.1) is 18.3 Å². The quantitative estimate of drug-likeness (QED) is 0.0308. The number of nitrogens with one attached hydrogen (secondary N) is 4. The summed E-state index contributed by atoms with van der Waals surface area (Å²) in [4.78, 5) is 87.5. The SMILES string of the molecule is C.CC(C)(C)c1cc[nH]c(=O)c1.CC(C)(C)c1ccc(C#N)cc1.CC(C)(C)c1ccc(C(=O)O)cc1.CC(C)(C)c1ccc(C(N)=O)cc1.CC(C)(C)c1ccc(N)c(C(=O)O)c1.CC(C)(C)c1ccc(N)nc1.COC(=O)Nc1ccc(C(C)(C)C)cc1.COCCOC(=O)Nc1ccc(C(C)(C)C)cc1.COCCOC(=O)Nc1ccc(C(C)(C)C)cn1.Cc1cc(C(C)(C)C)ccc1N. The molecule has 25 heteroatoms. The molecule has 0 bridgehead atoms. The van der Waals surface area contributed by atoms with Crippen molar-refractivity contribution in [3.05, 3.63) is 307 Å². The van der Waals surface area contributed by atoms with Gasteiger partial charge in [-0.25, -0.2) is 33.9 Å². The number of nitrogens with two attached hydrogens (primary N) is 4. The van der Waals surface area contributed by atoms with Crippen molar-refractivity contribution in [3.8, 4) is 6.07 Å². The number of anilines is 6. The lowest BCUT2D eigenvalue weighted by atomic mass is 9.86. The number of H-pyrrole nitrogens is 1. The number of aromatic nitrogens is 3. The fourth-order valence-corrected chi connectivity index (χ4v) is 11.3. The summed E-state index contributed by atoms with van der Waals surface area (Å²) in [5.74, 6) is -1.17. The number of nitrogen functional groups attached to an aromatic ring is 3. The molecule has 0 aliphatic heterocycles. The second-order valence-electron chi connectivity index (χ2n) is 42.8. The Hall–Kier alpha value is -13.2. The number of aromatic amines is 1. The van der Waals surface area contributed by atoms with Crippen LogP contribution in [-0.4, -0.2) is 109 Å². The number of nitriles is 1. The summed E-state index contributed by atoms with van der Waals surface area (Å²) in [6.45, 7) is 67.1. The van der Waals surface area contributed by atoms with Gasteiger partial charge in [0.05, 0.1) is 43.1 Å². The smallest absolute Gasteiger partial charge is 0.412 e. The lowest BCUT2D eigenvalue weighted by Crippen LogP contribution is -2.17. The van der Waals surface area contributed by atoms with Crippen LogP contribution in [0.25, 0.3) is 0 Å². The number of hydrogen-bond acceptors (Lipinski definition) is 18. The third-order valence-electron chi connectivity index (χ3n) is 20.6. The van der Waals surface area contributed by atoms with Crippen molar-refractivity contribution in [3.63, 3.8) is 0 Å². The third-order valence-corrected chi connectivity index (χ3v) is 20.6. The minimum absolute atomic E-state index is 0. The first-order valence-corrected chi connectivity index (χ1v) is 45.4. The van der Waals surface area contributed by atoms with Gasteiger partial charge in [-0.05, 0) is 219 Å². The number of amides is 4. The van der Waals surface area contributed by atoms with Crippen LogP contribution in [-0.2, 0) is 77.8 Å². The van der Waals surface area contributed by atoms with Crippen molar-refractivity contribution in [1.82, 2.24) is 15.0 Å². The number of carbonyl (C=O) groups excluding carboxylic acids is 4. The van der Waals surface area contributed by atoms with Gasteiger partial charge in [-0.3, -0.25) is 25.5 Å². The van der Waals surface area contributed by atoms with E-state index in [1.165, 1.54) is 46.1 Å². The maximum absolute atomic E-state index is 11.4. The number of primary amides is 1. The molecule has 25 nitrogen and oxygen atoms in total. The highest BCUT2D eigenvalue weighted by Gasteiger charge is 2.23. The summed E-state index contributed by atoms with van der Waals surface area (Å²) < 4.78 is 23.8. The zero-order valence-electron chi connectivity index (χ0n) is 88.0. The highest BCUT2D eigenvalue weighted by Crippen LogP contribution is 2.32. The van der Waals surface area contributed by atoms with Gasteiger partial charge in [-0.15, -0.1) is 0 Å². The number of aromatic carboxylic acids is 2. The van der Waals surface area contributed by atoms with E-state index in [1.54, 1.807) is 75.1 Å². The van der Waals surface area contributed by atoms with Crippen LogP contribution in [0.15, 0.2) is 218 Å². The van der Waals surface area contributed by atoms with Crippen LogP contribution >= 0.6 is 0 Å². The van der Waals surface area contributed by atoms with Gasteiger partial charge in [-0.2, -0.15) is 5.26 Å². The van der Waals surface area contributed by atoms with Gasteiger partial charge in [0.2, 0.25) is 11.5 Å². The van der Waals surface area contributed by atoms with Gasteiger partial charge >= 0.3 is 30.2 Å². The van der Waals surface area contributed by atoms with Crippen molar-refractivity contribution < 1.29 is 62.7 Å². The molecular formula is C113H163N11O14. The number of methoxy groups -OCH3 is 3. The fraction of sp³-hybridized carbons (Fsp3) is 0.434. The molecule has 7 aromatic carbocycles. The van der Waals surface area contributed by atoms with E-state index in [2.05, 4.69) is 241 Å². The Morgan fingerprint density at radius 1 is 0.370 bits per heavy atom. The van der Waals surface area contributed by atoms with Crippen molar-refractivity contribution in [2.75, 3.05) is 80.9 Å². The zero-order chi connectivity index (χ0) is 105. The molecule has 0 unspecified atom stereocenters. The number of rotatable bonds is 12. The van der Waals surface area contributed by atoms with Crippen LogP contribution in [0.5, 0.6) is 0 Å². The standard InChI is InChI=1S/C14H21NO3.C13H20N2O3.C12H17NO2.C11H15NO2.C11H15NO.C11H17N.C11H13N.C11H14O2.C9H14N2.C9H13NO.CH4/c1-14(2,3)11-5-7-12(8-6-11)15-13(16)18-10-9-17-4;1-13(2,3)10-5-6-11(14-9-10)15-12(16)18-8-7-17-4;1-12(2,3)9-5-7-10(8-6-9)13-11(14)15-4;1-11(2,3)7-4-5-9(12)8(6-7)10(13)14;1-11(2,3)9-6-4-8(5-7-9)10(12)13;1-8-7-9(11(2,3)4)5-6-10(8)12;1-11(2,3)10-6-4-9(8-12)5-7-10;1-11(2,3)9-6-4-8(5-7-9)10(12)13;1-9(2,3)7-4-5-8(10)11-6-7;1-9(2,3)7-4-5-10-8(11)6-7;/h5-8H,9-10H2,1-4H3,(H,15,16);5-6,9H,7-8H2,1-4H3,(H,14,15,16);5-8H,1-4H3,(H,13,14);4-6H,12H2,1-3H3,(H,13,14);4-7H,1-3H3,(H2,12,13);5-7H,12H2,1-4H3;4-7H,1-3H3;4-7H,1-3H3,(H,12,13);4-6H,1-3H3,(H2,10,11);4-6H,1-3H3,(H,10,11);1H4. The lowest BCUT2D eigenvalue weighted by Gasteiger charge is -2.19. The molecule has 10 aromatic rings. The molecule has 14 N–H and O–H groups in total. The maximum atomic E-state index is 11.4. The van der Waals surface area contributed by atoms with Crippen LogP contribution in [0.4, 0.5) is 48.8 Å². The summed E-state index contributed by atoms with van der Waals surface area (Å²) in [5, 5.41) is 34.0. The van der Waals surface area contributed by atoms with Gasteiger partial charge in [-0.1, -0.05) is 306 Å². The summed E-state index contributed by atoms with van der Waals surface area (Å²) in [7, 11) is 4.46. The van der Waals surface area contributed by atoms with E-state index in [9.17, 15) is 33.6 Å². The number of carboxylic acid groups (broad SMARTS) is 2. The van der Waals surface area contributed by atoms with Crippen molar-refractivity contribution >= 4 is 70.5 Å². The topological polar surface area (TPSA) is 412 Å². The van der Waals surface area contributed by atoms with Gasteiger partial charge in [0.15, 0.2) is 0 Å². The number of hydrogen-bond donors (Lipinski definition) is 10. The lowest BCUT2D eigenvalue weighted by molar-refractivity contribution is 0.0686. The molecule has 4 amide bonds. The molecule has 754 valence electrons. The maximum Gasteiger partial charge on any atom is 0.412 e. The molecule has 0 saturated heterocycles. The number of nitrogens with zero attached hydrogens (tertiary/aromatic N) is 3. The second kappa shape index (κ2) is 56.5. The number of carbonyl (C=O) groups is 6. The zero-order valence-corrected chi connectivity index (χ0v) is 88.0. The highest BCUT2D eigenvalue weighted by atomic mass is 16.6. The molecule has 0 atom stereocenters. The molecule has 0 fully saturated rings. The summed E-state index contributed by atoms with van der Waals surface area (Å²) >= 11 is 0. The molecule has 0 spiro atoms. The molecule has 3 heterocycles. The predicted octanol–water partition coefficient (Wildman–Crippen LogP) is 25.9. The first-order chi connectivity index (χ1) is 62.9. The molecule has 0 aliphatic rings. The Labute approximate surface area is 824 Å². The molecule has 3 aromatic heterocycles. The van der Waals surface area contributed by atoms with Crippen molar-refractivity contribution in [1.29, 1.82) is 5.26 Å². The fourth-order valence-electron chi connectivity index (χ4n) is 11.3. The van der Waals surface area contributed by atoms with E-state index in [-0.39, 0.29) is 91.8 Å². The van der Waals surface area contributed by atoms with Gasteiger partial charge in [0.25, 0.3) is 0 Å². The Kier molecular flexibility index (Phi) is 51.1. The molecule has 10 rings (SSSR count). The Balaban J connectivity index is 0.00000152. The summed E-state index contributed by atoms with van der Waals surface area (Å²) in [6.07, 6.45) is 3.83. The van der Waals surface area contributed by atoms with E-state index < -0.39 is 30.2 Å². The van der Waals surface area contributed by atoms with Gasteiger partial charge in [0.1, 0.15) is 24.8 Å². The monoisotopic (exact) mass is 1900 g/mol. The van der Waals surface area contributed by atoms with E-state index >= 15 is 0 Å². The molecular weight excluding hydrogens is 1740 g/mol. The average Bonchev–Trinajstić information content (AvgIpc) is 0.822. The number of ether oxygens (including phenoxy) is 5. The Morgan fingerprint density at radius 3 is 0.993 bits per heavy atom. The molecule has 0 aliphatic carbocycles. The van der Waals surface area contributed by atoms with E-state index in [1.807, 2.05) is 167 Å². The Morgan fingerprint density at radius 2 is 0.688 bits per heavy atom. The van der Waals surface area contributed by atoms with E-state index in [0.717, 1.165) is 44.9 Å². The minimum atomic E-state index is -0.978. The Bertz CT molecular complexity index is 5300. The number of benzene rings is 7. The normalized spacial score (nSPS) is 11.2. The first-order valence-electron chi connectivity index (χ1n) is 45.4. The number of carboxylic acids is 2. The molecule has 0 radical (unpaired) electrons. The summed E-state index contributed by atoms with van der Waals surface area (Å²) in [5.41, 5.74) is 40.3. The second-order valence-corrected chi connectivity index (χ2v) is 42.8. The molecule has 138 heavy (non-hydrogen) atoms. The highest BCUT2D eigenvalue weighted by molar-refractivity contribution is 5.94. The third kappa shape index (κ3) is 50.1. The van der Waals surface area contributed by atoms with Crippen LogP contribution in [0.3, 0.4) is 0 Å². The van der Waals surface area contributed by atoms with E-state index in [4.69, 9.17) is 57.4 Å². The van der Waals surface area contributed by atoms with Crippen LogP contribution < -0.4 is 44.4 Å². The average molecular weight is 1900 g/mol. The predicted molar refractivity (Wildman–Crippen MR) is 569 cm³/mol. The van der Waals surface area contributed by atoms with Crippen molar-refractivity contribution in [2.24, 2.45) is 5.73 Å². The largest absolute Gasteiger partial charge is 0.478 e. The number of aryl methyl sites for hydroxylation is 1.